The van der Waals surface area contributed by atoms with E-state index in [1.807, 2.05) is 30.3 Å². The molecule has 1 aliphatic heterocycles. The fraction of sp³-hybridized carbons (Fsp3) is 0.391. The maximum atomic E-state index is 13.1. The molecule has 2 aromatic heterocycles. The zero-order valence-corrected chi connectivity index (χ0v) is 17.9. The predicted octanol–water partition coefficient (Wildman–Crippen LogP) is 3.65. The summed E-state index contributed by atoms with van der Waals surface area (Å²) in [7, 11) is 1.76. The quantitative estimate of drug-likeness (QED) is 0.656. The number of likely N-dealkylation sites (tertiary alicyclic amines) is 1. The molecule has 1 N–H and O–H groups in total. The van der Waals surface area contributed by atoms with Gasteiger partial charge in [0.05, 0.1) is 17.5 Å². The molecule has 3 aromatic rings. The van der Waals surface area contributed by atoms with Gasteiger partial charge < -0.3 is 14.3 Å². The molecular formula is C23H27N5O3. The Bertz CT molecular complexity index is 1030. The van der Waals surface area contributed by atoms with Crippen molar-refractivity contribution in [3.8, 4) is 0 Å². The van der Waals surface area contributed by atoms with Crippen molar-refractivity contribution >= 4 is 17.5 Å². The summed E-state index contributed by atoms with van der Waals surface area (Å²) in [5.74, 6) is 0.681. The molecule has 0 spiro atoms. The van der Waals surface area contributed by atoms with Crippen LogP contribution in [0.25, 0.3) is 0 Å². The number of hydrogen-bond acceptors (Lipinski definition) is 5. The van der Waals surface area contributed by atoms with Crippen molar-refractivity contribution in [1.82, 2.24) is 20.3 Å². The van der Waals surface area contributed by atoms with Crippen LogP contribution in [0, 0.1) is 0 Å². The topological polar surface area (TPSA) is 95.3 Å². The number of H-pyrrole nitrogens is 1. The van der Waals surface area contributed by atoms with E-state index in [0.29, 0.717) is 24.3 Å². The number of carbonyl (C=O) groups is 2. The van der Waals surface area contributed by atoms with Crippen molar-refractivity contribution < 1.29 is 14.1 Å². The third-order valence-corrected chi connectivity index (χ3v) is 5.81. The summed E-state index contributed by atoms with van der Waals surface area (Å²) in [5, 5.41) is 11.1. The van der Waals surface area contributed by atoms with Gasteiger partial charge >= 0.3 is 0 Å². The number of aryl methyl sites for hydroxylation is 1. The van der Waals surface area contributed by atoms with Crippen LogP contribution < -0.4 is 4.90 Å². The second kappa shape index (κ2) is 9.16. The van der Waals surface area contributed by atoms with E-state index in [9.17, 15) is 9.59 Å². The molecule has 1 fully saturated rings. The molecule has 4 rings (SSSR count). The van der Waals surface area contributed by atoms with Crippen LogP contribution in [-0.2, 0) is 6.42 Å². The number of nitrogens with zero attached hydrogens (tertiary/aromatic N) is 4. The summed E-state index contributed by atoms with van der Waals surface area (Å²) >= 11 is 0. The van der Waals surface area contributed by atoms with Gasteiger partial charge in [-0.1, -0.05) is 30.3 Å². The summed E-state index contributed by atoms with van der Waals surface area (Å²) in [5.41, 5.74) is 2.61. The highest BCUT2D eigenvalue weighted by atomic mass is 16.5. The highest BCUT2D eigenvalue weighted by Crippen LogP contribution is 2.30. The standard InChI is InChI=1S/C23H27N5O3/c1-3-7-18-14-20(26-31-18)23(30)28-12-10-16(11-13-28)21-19(15-24-25-21)22(29)27(2)17-8-5-4-6-9-17/h4-6,8-9,14-16H,3,7,10-13H2,1-2H3,(H,24,25). The van der Waals surface area contributed by atoms with Crippen LogP contribution in [0.2, 0.25) is 0 Å². The molecule has 0 bridgehead atoms. The van der Waals surface area contributed by atoms with Gasteiger partial charge in [0.1, 0.15) is 5.76 Å². The van der Waals surface area contributed by atoms with Crippen molar-refractivity contribution in [2.24, 2.45) is 0 Å². The lowest BCUT2D eigenvalue weighted by Gasteiger charge is -2.31. The van der Waals surface area contributed by atoms with Crippen LogP contribution >= 0.6 is 0 Å². The van der Waals surface area contributed by atoms with Crippen molar-refractivity contribution in [3.05, 3.63) is 65.3 Å². The van der Waals surface area contributed by atoms with E-state index in [1.54, 1.807) is 29.1 Å². The number of nitrogens with one attached hydrogen (secondary N) is 1. The molecule has 0 unspecified atom stereocenters. The Hall–Kier alpha value is -3.42. The predicted molar refractivity (Wildman–Crippen MR) is 116 cm³/mol. The minimum absolute atomic E-state index is 0.0977. The maximum Gasteiger partial charge on any atom is 0.276 e. The van der Waals surface area contributed by atoms with E-state index in [0.717, 1.165) is 42.8 Å². The molecule has 8 nitrogen and oxygen atoms in total. The number of para-hydroxylation sites is 1. The number of rotatable bonds is 6. The first-order chi connectivity index (χ1) is 15.1. The number of carbonyl (C=O) groups excluding carboxylic acids is 2. The van der Waals surface area contributed by atoms with Crippen molar-refractivity contribution in [2.75, 3.05) is 25.0 Å². The van der Waals surface area contributed by atoms with Crippen molar-refractivity contribution in [2.45, 2.75) is 38.5 Å². The average molecular weight is 422 g/mol. The van der Waals surface area contributed by atoms with Gasteiger partial charge in [-0.3, -0.25) is 14.7 Å². The van der Waals surface area contributed by atoms with Gasteiger partial charge in [-0.15, -0.1) is 0 Å². The van der Waals surface area contributed by atoms with E-state index in [-0.39, 0.29) is 17.7 Å². The lowest BCUT2D eigenvalue weighted by atomic mass is 9.91. The lowest BCUT2D eigenvalue weighted by Crippen LogP contribution is -2.38. The normalized spacial score (nSPS) is 14.6. The van der Waals surface area contributed by atoms with Crippen LogP contribution in [0.15, 0.2) is 47.1 Å². The van der Waals surface area contributed by atoms with E-state index in [2.05, 4.69) is 22.3 Å². The first-order valence-electron chi connectivity index (χ1n) is 10.7. The molecule has 3 heterocycles. The van der Waals surface area contributed by atoms with Crippen molar-refractivity contribution in [1.29, 1.82) is 0 Å². The Balaban J connectivity index is 1.41. The van der Waals surface area contributed by atoms with E-state index in [4.69, 9.17) is 4.52 Å². The monoisotopic (exact) mass is 421 g/mol. The Morgan fingerprint density at radius 1 is 1.23 bits per heavy atom. The van der Waals surface area contributed by atoms with Gasteiger partial charge in [0, 0.05) is 44.2 Å². The highest BCUT2D eigenvalue weighted by molar-refractivity contribution is 6.06. The summed E-state index contributed by atoms with van der Waals surface area (Å²) < 4.78 is 5.25. The molecule has 0 atom stereocenters. The minimum Gasteiger partial charge on any atom is -0.361 e. The number of benzene rings is 1. The van der Waals surface area contributed by atoms with E-state index >= 15 is 0 Å². The number of hydrogen-bond donors (Lipinski definition) is 1. The average Bonchev–Trinajstić information content (AvgIpc) is 3.49. The summed E-state index contributed by atoms with van der Waals surface area (Å²) in [6, 6.07) is 11.3. The molecule has 0 radical (unpaired) electrons. The molecule has 0 aliphatic carbocycles. The van der Waals surface area contributed by atoms with Crippen LogP contribution in [0.1, 0.15) is 64.4 Å². The van der Waals surface area contributed by atoms with E-state index < -0.39 is 0 Å². The molecule has 1 aromatic carbocycles. The molecule has 1 saturated heterocycles. The molecule has 162 valence electrons. The zero-order chi connectivity index (χ0) is 21.8. The molecule has 8 heteroatoms. The fourth-order valence-electron chi connectivity index (χ4n) is 4.04. The second-order valence-corrected chi connectivity index (χ2v) is 7.89. The van der Waals surface area contributed by atoms with Crippen LogP contribution in [-0.4, -0.2) is 52.2 Å². The summed E-state index contributed by atoms with van der Waals surface area (Å²) in [6.07, 6.45) is 4.82. The second-order valence-electron chi connectivity index (χ2n) is 7.89. The third-order valence-electron chi connectivity index (χ3n) is 5.81. The fourth-order valence-corrected chi connectivity index (χ4v) is 4.04. The number of amides is 2. The van der Waals surface area contributed by atoms with Gasteiger partial charge in [-0.2, -0.15) is 5.10 Å². The zero-order valence-electron chi connectivity index (χ0n) is 17.9. The molecule has 0 saturated carbocycles. The van der Waals surface area contributed by atoms with Gasteiger partial charge in [0.2, 0.25) is 0 Å². The first-order valence-corrected chi connectivity index (χ1v) is 10.7. The van der Waals surface area contributed by atoms with E-state index in [1.165, 1.54) is 0 Å². The number of aromatic nitrogens is 3. The van der Waals surface area contributed by atoms with Gasteiger partial charge in [0.15, 0.2) is 5.69 Å². The van der Waals surface area contributed by atoms with Crippen LogP contribution in [0.3, 0.4) is 0 Å². The first kappa shape index (κ1) is 20.8. The number of aromatic amines is 1. The highest BCUT2D eigenvalue weighted by Gasteiger charge is 2.30. The Labute approximate surface area is 181 Å². The SMILES string of the molecule is CCCc1cc(C(=O)N2CCC(c3[nH]ncc3C(=O)N(C)c3ccccc3)CC2)no1. The third kappa shape index (κ3) is 4.38. The van der Waals surface area contributed by atoms with Crippen LogP contribution in [0.4, 0.5) is 5.69 Å². The minimum atomic E-state index is -0.103. The van der Waals surface area contributed by atoms with Gasteiger partial charge in [-0.25, -0.2) is 0 Å². The largest absolute Gasteiger partial charge is 0.361 e. The molecule has 2 amide bonds. The summed E-state index contributed by atoms with van der Waals surface area (Å²) in [6.45, 7) is 3.25. The molecule has 31 heavy (non-hydrogen) atoms. The van der Waals surface area contributed by atoms with Crippen molar-refractivity contribution in [3.63, 3.8) is 0 Å². The van der Waals surface area contributed by atoms with Gasteiger partial charge in [0.25, 0.3) is 11.8 Å². The van der Waals surface area contributed by atoms with Gasteiger partial charge in [-0.05, 0) is 31.4 Å². The molecule has 1 aliphatic rings. The van der Waals surface area contributed by atoms with Crippen LogP contribution in [0.5, 0.6) is 0 Å². The Morgan fingerprint density at radius 2 is 1.97 bits per heavy atom. The number of piperidine rings is 1. The number of anilines is 1. The lowest BCUT2D eigenvalue weighted by molar-refractivity contribution is 0.0700. The molecular weight excluding hydrogens is 394 g/mol. The maximum absolute atomic E-state index is 13.1. The Kier molecular flexibility index (Phi) is 6.16. The smallest absolute Gasteiger partial charge is 0.276 e. The summed E-state index contributed by atoms with van der Waals surface area (Å²) in [4.78, 5) is 29.3. The Morgan fingerprint density at radius 3 is 2.68 bits per heavy atom.